The van der Waals surface area contributed by atoms with E-state index in [1.807, 2.05) is 20.8 Å². The van der Waals surface area contributed by atoms with E-state index in [1.54, 1.807) is 6.08 Å². The van der Waals surface area contributed by atoms with Crippen LogP contribution in [0, 0.1) is 34.5 Å². The molecule has 0 heterocycles. The van der Waals surface area contributed by atoms with Crippen LogP contribution < -0.4 is 0 Å². The topological polar surface area (TPSA) is 74.6 Å². The van der Waals surface area contributed by atoms with Crippen molar-refractivity contribution in [1.82, 2.24) is 0 Å². The molecule has 0 radical (unpaired) electrons. The van der Waals surface area contributed by atoms with Gasteiger partial charge >= 0.3 is 0 Å². The van der Waals surface area contributed by atoms with Crippen LogP contribution in [0.1, 0.15) is 59.3 Å². The van der Waals surface area contributed by atoms with Crippen LogP contribution in [0.2, 0.25) is 0 Å². The maximum Gasteiger partial charge on any atom is 0.161 e. The molecule has 3 saturated carbocycles. The van der Waals surface area contributed by atoms with E-state index in [4.69, 9.17) is 0 Å². The Morgan fingerprint density at radius 2 is 1.93 bits per heavy atom. The quantitative estimate of drug-likeness (QED) is 0.775. The Morgan fingerprint density at radius 1 is 1.22 bits per heavy atom. The summed E-state index contributed by atoms with van der Waals surface area (Å²) in [5, 5.41) is 20.5. The highest BCUT2D eigenvalue weighted by atomic mass is 19.1. The molecule has 0 amide bonds. The molecule has 0 aliphatic heterocycles. The third kappa shape index (κ3) is 2.27. The zero-order valence-electron chi connectivity index (χ0n) is 16.5. The molecule has 3 fully saturated rings. The fourth-order valence-corrected chi connectivity index (χ4v) is 7.53. The number of allylic oxidation sites excluding steroid dienone is 1. The van der Waals surface area contributed by atoms with Gasteiger partial charge in [0.25, 0.3) is 0 Å². The molecular weight excluding hydrogens is 347 g/mol. The van der Waals surface area contributed by atoms with E-state index in [0.29, 0.717) is 25.7 Å². The van der Waals surface area contributed by atoms with Crippen molar-refractivity contribution in [1.29, 1.82) is 0 Å². The minimum atomic E-state index is -1.77. The lowest BCUT2D eigenvalue weighted by Gasteiger charge is -2.63. The Hall–Kier alpha value is -1.07. The highest BCUT2D eigenvalue weighted by molar-refractivity contribution is 5.93. The lowest BCUT2D eigenvalue weighted by Crippen LogP contribution is -2.67. The third-order valence-corrected chi connectivity index (χ3v) is 8.89. The van der Waals surface area contributed by atoms with E-state index in [0.717, 1.165) is 12.0 Å². The summed E-state index contributed by atoms with van der Waals surface area (Å²) in [5.41, 5.74) is -2.21. The van der Waals surface area contributed by atoms with Crippen molar-refractivity contribution >= 4 is 11.6 Å². The summed E-state index contributed by atoms with van der Waals surface area (Å²) in [4.78, 5) is 24.5. The Kier molecular flexibility index (Phi) is 4.25. The minimum absolute atomic E-state index is 0.0257. The average molecular weight is 378 g/mol. The van der Waals surface area contributed by atoms with E-state index < -0.39 is 29.2 Å². The summed E-state index contributed by atoms with van der Waals surface area (Å²) in [6.07, 6.45) is 3.87. The largest absolute Gasteiger partial charge is 0.390 e. The molecule has 4 unspecified atom stereocenters. The SMILES string of the molecule is C[C@@H]1C[C@@]2(C)C(=CC1=O)CCC1C3CCC(C(=O)CO)[C@@]3(C)CC(O)[C@@]12F. The molecule has 0 saturated heterocycles. The second-order valence-electron chi connectivity index (χ2n) is 10.0. The molecule has 4 aliphatic rings. The summed E-state index contributed by atoms with van der Waals surface area (Å²) in [7, 11) is 0. The predicted octanol–water partition coefficient (Wildman–Crippen LogP) is 3.00. The first-order valence-electron chi connectivity index (χ1n) is 10.3. The Labute approximate surface area is 160 Å². The summed E-state index contributed by atoms with van der Waals surface area (Å²) in [5.74, 6) is -0.948. The van der Waals surface area contributed by atoms with Crippen molar-refractivity contribution in [2.45, 2.75) is 71.1 Å². The van der Waals surface area contributed by atoms with Gasteiger partial charge in [0.05, 0.1) is 6.10 Å². The van der Waals surface area contributed by atoms with Gasteiger partial charge in [-0.2, -0.15) is 0 Å². The molecule has 8 atom stereocenters. The van der Waals surface area contributed by atoms with Gasteiger partial charge in [0.1, 0.15) is 12.3 Å². The lowest BCUT2D eigenvalue weighted by molar-refractivity contribution is -0.210. The Bertz CT molecular complexity index is 717. The molecule has 0 spiro atoms. The van der Waals surface area contributed by atoms with Gasteiger partial charge in [-0.15, -0.1) is 0 Å². The summed E-state index contributed by atoms with van der Waals surface area (Å²) in [6, 6.07) is 0. The number of aliphatic hydroxyl groups is 2. The average Bonchev–Trinajstić information content (AvgIpc) is 2.94. The maximum atomic E-state index is 16.9. The number of Topliss-reactive ketones (excluding diaryl/α,β-unsaturated/α-hetero) is 1. The smallest absolute Gasteiger partial charge is 0.161 e. The van der Waals surface area contributed by atoms with Crippen molar-refractivity contribution in [3.05, 3.63) is 11.6 Å². The van der Waals surface area contributed by atoms with Crippen LogP contribution in [0.5, 0.6) is 0 Å². The number of ketones is 2. The Morgan fingerprint density at radius 3 is 2.59 bits per heavy atom. The normalized spacial score (nSPS) is 51.9. The molecule has 0 aromatic carbocycles. The van der Waals surface area contributed by atoms with Crippen molar-refractivity contribution in [3.63, 3.8) is 0 Å². The first kappa shape index (κ1) is 19.3. The third-order valence-electron chi connectivity index (χ3n) is 8.89. The van der Waals surface area contributed by atoms with Gasteiger partial charge in [-0.25, -0.2) is 4.39 Å². The number of aliphatic hydroxyl groups excluding tert-OH is 2. The zero-order valence-corrected chi connectivity index (χ0v) is 16.5. The second kappa shape index (κ2) is 5.96. The van der Waals surface area contributed by atoms with Gasteiger partial charge in [-0.05, 0) is 55.9 Å². The number of fused-ring (bicyclic) bond motifs is 5. The van der Waals surface area contributed by atoms with Crippen LogP contribution in [0.15, 0.2) is 11.6 Å². The predicted molar refractivity (Wildman–Crippen MR) is 98.6 cm³/mol. The zero-order chi connectivity index (χ0) is 19.8. The molecule has 5 heteroatoms. The number of rotatable bonds is 2. The standard InChI is InChI=1S/C22H31FO4/c1-12-9-21(3)13(8-17(12)25)4-5-15-14-6-7-16(18(26)11-24)20(14,2)10-19(27)22(15,21)23/h8,12,14-16,19,24,27H,4-7,9-11H2,1-3H3/t12-,14?,15?,16?,19?,20+,21+,22+/m1/s1. The van der Waals surface area contributed by atoms with E-state index in [2.05, 4.69) is 0 Å². The molecule has 0 aromatic rings. The Balaban J connectivity index is 1.77. The van der Waals surface area contributed by atoms with E-state index >= 15 is 4.39 Å². The minimum Gasteiger partial charge on any atom is -0.390 e. The number of carbonyl (C=O) groups excluding carboxylic acids is 2. The van der Waals surface area contributed by atoms with Gasteiger partial charge in [0.15, 0.2) is 11.6 Å². The molecule has 4 rings (SSSR count). The molecule has 150 valence electrons. The van der Waals surface area contributed by atoms with Crippen molar-refractivity contribution in [2.24, 2.45) is 34.5 Å². The van der Waals surface area contributed by atoms with Crippen LogP contribution in [0.3, 0.4) is 0 Å². The monoisotopic (exact) mass is 378 g/mol. The van der Waals surface area contributed by atoms with E-state index in [9.17, 15) is 19.8 Å². The van der Waals surface area contributed by atoms with E-state index in [1.165, 1.54) is 0 Å². The first-order chi connectivity index (χ1) is 12.6. The lowest BCUT2D eigenvalue weighted by atomic mass is 9.43. The first-order valence-corrected chi connectivity index (χ1v) is 10.3. The van der Waals surface area contributed by atoms with Crippen LogP contribution >= 0.6 is 0 Å². The highest BCUT2D eigenvalue weighted by Crippen LogP contribution is 2.69. The van der Waals surface area contributed by atoms with Gasteiger partial charge in [0.2, 0.25) is 0 Å². The molecule has 2 N–H and O–H groups in total. The van der Waals surface area contributed by atoms with Gasteiger partial charge in [0, 0.05) is 23.2 Å². The molecule has 4 aliphatic carbocycles. The number of halogens is 1. The van der Waals surface area contributed by atoms with Gasteiger partial charge < -0.3 is 10.2 Å². The number of carbonyl (C=O) groups is 2. The van der Waals surface area contributed by atoms with Crippen LogP contribution in [-0.4, -0.2) is 40.2 Å². The maximum absolute atomic E-state index is 16.9. The number of hydrogen-bond acceptors (Lipinski definition) is 4. The summed E-state index contributed by atoms with van der Waals surface area (Å²) < 4.78 is 16.9. The fraction of sp³-hybridized carbons (Fsp3) is 0.818. The van der Waals surface area contributed by atoms with Crippen LogP contribution in [0.25, 0.3) is 0 Å². The number of hydrogen-bond donors (Lipinski definition) is 2. The van der Waals surface area contributed by atoms with Crippen molar-refractivity contribution in [3.8, 4) is 0 Å². The fourth-order valence-electron chi connectivity index (χ4n) is 7.53. The molecule has 4 nitrogen and oxygen atoms in total. The van der Waals surface area contributed by atoms with Gasteiger partial charge in [-0.3, -0.25) is 9.59 Å². The van der Waals surface area contributed by atoms with Gasteiger partial charge in [-0.1, -0.05) is 26.3 Å². The second-order valence-corrected chi connectivity index (χ2v) is 10.0. The number of alkyl halides is 1. The molecule has 0 bridgehead atoms. The molecule has 0 aromatic heterocycles. The van der Waals surface area contributed by atoms with Crippen molar-refractivity contribution < 1.29 is 24.2 Å². The van der Waals surface area contributed by atoms with Crippen molar-refractivity contribution in [2.75, 3.05) is 6.61 Å². The van der Waals surface area contributed by atoms with Crippen LogP contribution in [0.4, 0.5) is 4.39 Å². The summed E-state index contributed by atoms with van der Waals surface area (Å²) >= 11 is 0. The molecule has 27 heavy (non-hydrogen) atoms. The van der Waals surface area contributed by atoms with Crippen LogP contribution in [-0.2, 0) is 9.59 Å². The van der Waals surface area contributed by atoms with E-state index in [-0.39, 0.29) is 41.7 Å². The highest BCUT2D eigenvalue weighted by Gasteiger charge is 2.71. The molecular formula is C22H31FO4. The summed E-state index contributed by atoms with van der Waals surface area (Å²) in [6.45, 7) is 5.26.